The zero-order valence-electron chi connectivity index (χ0n) is 15.2. The van der Waals surface area contributed by atoms with E-state index in [1.165, 1.54) is 6.92 Å². The summed E-state index contributed by atoms with van der Waals surface area (Å²) in [6.45, 7) is 6.14. The average molecular weight is 375 g/mol. The first-order chi connectivity index (χ1) is 12.4. The fraction of sp³-hybridized carbons (Fsp3) is 0.300. The molecule has 2 rings (SSSR count). The number of hydrogen-bond donors (Lipinski definition) is 1. The van der Waals surface area contributed by atoms with Gasteiger partial charge in [0.2, 0.25) is 5.91 Å². The highest BCUT2D eigenvalue weighted by atomic mass is 35.5. The van der Waals surface area contributed by atoms with Crippen LogP contribution in [0.25, 0.3) is 0 Å². The quantitative estimate of drug-likeness (QED) is 0.806. The number of carbonyl (C=O) groups is 2. The van der Waals surface area contributed by atoms with Crippen molar-refractivity contribution < 1.29 is 14.3 Å². The maximum atomic E-state index is 12.0. The number of ether oxygens (including phenoxy) is 1. The zero-order chi connectivity index (χ0) is 19.1. The van der Waals surface area contributed by atoms with Crippen LogP contribution in [0.4, 0.5) is 5.69 Å². The lowest BCUT2D eigenvalue weighted by atomic mass is 10.1. The van der Waals surface area contributed by atoms with Crippen LogP contribution in [0.15, 0.2) is 42.5 Å². The van der Waals surface area contributed by atoms with E-state index in [1.54, 1.807) is 29.2 Å². The van der Waals surface area contributed by atoms with Crippen molar-refractivity contribution in [2.24, 2.45) is 0 Å². The Bertz CT molecular complexity index is 775. The molecule has 0 saturated heterocycles. The second-order valence-corrected chi connectivity index (χ2v) is 6.49. The summed E-state index contributed by atoms with van der Waals surface area (Å²) >= 11 is 5.80. The van der Waals surface area contributed by atoms with Crippen LogP contribution >= 0.6 is 11.6 Å². The number of halogens is 1. The molecule has 1 N–H and O–H groups in total. The fourth-order valence-electron chi connectivity index (χ4n) is 2.59. The number of rotatable bonds is 7. The molecular weight excluding hydrogens is 352 g/mol. The minimum absolute atomic E-state index is 0.0661. The highest BCUT2D eigenvalue weighted by Gasteiger charge is 2.14. The molecule has 0 saturated carbocycles. The van der Waals surface area contributed by atoms with Crippen molar-refractivity contribution in [1.82, 2.24) is 5.32 Å². The predicted molar refractivity (Wildman–Crippen MR) is 104 cm³/mol. The molecule has 2 aromatic carbocycles. The van der Waals surface area contributed by atoms with Crippen molar-refractivity contribution in [2.45, 2.75) is 20.8 Å². The zero-order valence-corrected chi connectivity index (χ0v) is 16.0. The molecule has 0 bridgehead atoms. The summed E-state index contributed by atoms with van der Waals surface area (Å²) in [7, 11) is 0. The van der Waals surface area contributed by atoms with Gasteiger partial charge in [0.1, 0.15) is 5.75 Å². The Labute approximate surface area is 158 Å². The van der Waals surface area contributed by atoms with Gasteiger partial charge in [-0.3, -0.25) is 9.59 Å². The summed E-state index contributed by atoms with van der Waals surface area (Å²) in [6.07, 6.45) is 0. The van der Waals surface area contributed by atoms with Gasteiger partial charge in [0.05, 0.1) is 0 Å². The summed E-state index contributed by atoms with van der Waals surface area (Å²) in [6, 6.07) is 12.7. The van der Waals surface area contributed by atoms with Gasteiger partial charge in [-0.15, -0.1) is 0 Å². The number of carbonyl (C=O) groups excluding carboxylic acids is 2. The molecule has 5 nitrogen and oxygen atoms in total. The highest BCUT2D eigenvalue weighted by Crippen LogP contribution is 2.21. The Morgan fingerprint density at radius 2 is 1.81 bits per heavy atom. The fourth-order valence-corrected chi connectivity index (χ4v) is 2.72. The van der Waals surface area contributed by atoms with Crippen molar-refractivity contribution in [3.05, 3.63) is 58.6 Å². The largest absolute Gasteiger partial charge is 0.484 e. The summed E-state index contributed by atoms with van der Waals surface area (Å²) in [5, 5.41) is 3.38. The maximum absolute atomic E-state index is 12.0. The van der Waals surface area contributed by atoms with E-state index in [-0.39, 0.29) is 18.4 Å². The molecule has 6 heteroatoms. The molecule has 0 spiro atoms. The average Bonchev–Trinajstić information content (AvgIpc) is 2.59. The van der Waals surface area contributed by atoms with Gasteiger partial charge in [0.25, 0.3) is 5.91 Å². The van der Waals surface area contributed by atoms with E-state index < -0.39 is 0 Å². The summed E-state index contributed by atoms with van der Waals surface area (Å²) < 4.78 is 5.39. The number of anilines is 1. The second-order valence-electron chi connectivity index (χ2n) is 6.05. The molecule has 0 heterocycles. The first-order valence-corrected chi connectivity index (χ1v) is 8.75. The SMILES string of the molecule is CC(=O)N(CCNC(=O)COc1ccc(Cl)cc1)c1ccc(C)cc1C. The van der Waals surface area contributed by atoms with E-state index in [1.807, 2.05) is 32.0 Å². The summed E-state index contributed by atoms with van der Waals surface area (Å²) in [5.41, 5.74) is 3.02. The van der Waals surface area contributed by atoms with Crippen molar-refractivity contribution in [1.29, 1.82) is 0 Å². The number of nitrogens with one attached hydrogen (secondary N) is 1. The topological polar surface area (TPSA) is 58.6 Å². The van der Waals surface area contributed by atoms with Gasteiger partial charge in [-0.05, 0) is 49.7 Å². The van der Waals surface area contributed by atoms with Crippen LogP contribution in [-0.2, 0) is 9.59 Å². The molecule has 0 aliphatic carbocycles. The van der Waals surface area contributed by atoms with E-state index in [9.17, 15) is 9.59 Å². The van der Waals surface area contributed by atoms with E-state index in [2.05, 4.69) is 5.32 Å². The highest BCUT2D eigenvalue weighted by molar-refractivity contribution is 6.30. The third-order valence-corrected chi connectivity index (χ3v) is 4.12. The van der Waals surface area contributed by atoms with Crippen molar-refractivity contribution in [2.75, 3.05) is 24.6 Å². The first-order valence-electron chi connectivity index (χ1n) is 8.37. The first kappa shape index (κ1) is 19.8. The minimum atomic E-state index is -0.246. The lowest BCUT2D eigenvalue weighted by molar-refractivity contribution is -0.123. The Hall–Kier alpha value is -2.53. The molecule has 26 heavy (non-hydrogen) atoms. The maximum Gasteiger partial charge on any atom is 0.258 e. The smallest absolute Gasteiger partial charge is 0.258 e. The molecule has 138 valence electrons. The third kappa shape index (κ3) is 5.77. The number of benzene rings is 2. The van der Waals surface area contributed by atoms with Gasteiger partial charge in [0.15, 0.2) is 6.61 Å². The molecule has 0 aliphatic heterocycles. The van der Waals surface area contributed by atoms with Gasteiger partial charge in [-0.2, -0.15) is 0 Å². The normalized spacial score (nSPS) is 10.3. The molecule has 0 aliphatic rings. The van der Waals surface area contributed by atoms with Crippen LogP contribution in [0.5, 0.6) is 5.75 Å². The number of aryl methyl sites for hydroxylation is 2. The van der Waals surface area contributed by atoms with Crippen LogP contribution in [0.2, 0.25) is 5.02 Å². The molecule has 0 radical (unpaired) electrons. The number of nitrogens with zero attached hydrogens (tertiary/aromatic N) is 1. The number of hydrogen-bond acceptors (Lipinski definition) is 3. The van der Waals surface area contributed by atoms with Crippen molar-refractivity contribution >= 4 is 29.1 Å². The van der Waals surface area contributed by atoms with Crippen LogP contribution < -0.4 is 15.0 Å². The molecule has 0 unspecified atom stereocenters. The molecular formula is C20H23ClN2O3. The Kier molecular flexibility index (Phi) is 7.04. The molecule has 2 amide bonds. The van der Waals surface area contributed by atoms with E-state index >= 15 is 0 Å². The van der Waals surface area contributed by atoms with Crippen LogP contribution in [0.3, 0.4) is 0 Å². The molecule has 0 aromatic heterocycles. The second kappa shape index (κ2) is 9.25. The molecule has 0 fully saturated rings. The van der Waals surface area contributed by atoms with Crippen molar-refractivity contribution in [3.63, 3.8) is 0 Å². The van der Waals surface area contributed by atoms with Gasteiger partial charge in [0, 0.05) is 30.7 Å². The van der Waals surface area contributed by atoms with E-state index in [0.29, 0.717) is 23.9 Å². The van der Waals surface area contributed by atoms with E-state index in [4.69, 9.17) is 16.3 Å². The van der Waals surface area contributed by atoms with Crippen LogP contribution in [-0.4, -0.2) is 31.5 Å². The Balaban J connectivity index is 1.84. The number of amides is 2. The standard InChI is InChI=1S/C20H23ClN2O3/c1-14-4-9-19(15(2)12-14)23(16(3)24)11-10-22-20(25)13-26-18-7-5-17(21)6-8-18/h4-9,12H,10-11,13H2,1-3H3,(H,22,25). The minimum Gasteiger partial charge on any atom is -0.484 e. The van der Waals surface area contributed by atoms with Crippen LogP contribution in [0.1, 0.15) is 18.1 Å². The van der Waals surface area contributed by atoms with E-state index in [0.717, 1.165) is 16.8 Å². The Morgan fingerprint density at radius 3 is 2.42 bits per heavy atom. The molecule has 2 aromatic rings. The summed E-state index contributed by atoms with van der Waals surface area (Å²) in [5.74, 6) is 0.262. The third-order valence-electron chi connectivity index (χ3n) is 3.86. The molecule has 0 atom stereocenters. The lowest BCUT2D eigenvalue weighted by Gasteiger charge is -2.23. The Morgan fingerprint density at radius 1 is 1.12 bits per heavy atom. The monoisotopic (exact) mass is 374 g/mol. The van der Waals surface area contributed by atoms with Gasteiger partial charge in [-0.1, -0.05) is 29.3 Å². The van der Waals surface area contributed by atoms with Gasteiger partial charge < -0.3 is 15.0 Å². The van der Waals surface area contributed by atoms with Crippen molar-refractivity contribution in [3.8, 4) is 5.75 Å². The summed E-state index contributed by atoms with van der Waals surface area (Å²) in [4.78, 5) is 25.6. The predicted octanol–water partition coefficient (Wildman–Crippen LogP) is 3.50. The van der Waals surface area contributed by atoms with Crippen LogP contribution in [0, 0.1) is 13.8 Å². The van der Waals surface area contributed by atoms with Gasteiger partial charge in [-0.25, -0.2) is 0 Å². The van der Waals surface area contributed by atoms with Gasteiger partial charge >= 0.3 is 0 Å². The lowest BCUT2D eigenvalue weighted by Crippen LogP contribution is -2.39.